The molecule has 0 aliphatic carbocycles. The fourth-order valence-electron chi connectivity index (χ4n) is 4.50. The number of likely N-dealkylation sites (N-methyl/N-ethyl adjacent to an activating group) is 1. The van der Waals surface area contributed by atoms with Crippen LogP contribution in [-0.2, 0) is 0 Å². The number of benzene rings is 1. The summed E-state index contributed by atoms with van der Waals surface area (Å²) in [5.74, 6) is 1.29. The highest BCUT2D eigenvalue weighted by Crippen LogP contribution is 2.40. The number of piperidine rings is 1. The lowest BCUT2D eigenvalue weighted by Crippen LogP contribution is -2.45. The van der Waals surface area contributed by atoms with Gasteiger partial charge in [-0.2, -0.15) is 4.52 Å². The van der Waals surface area contributed by atoms with Crippen LogP contribution in [0.3, 0.4) is 0 Å². The van der Waals surface area contributed by atoms with Crippen molar-refractivity contribution in [1.82, 2.24) is 19.8 Å². The van der Waals surface area contributed by atoms with Crippen molar-refractivity contribution in [2.24, 2.45) is 5.92 Å². The first kappa shape index (κ1) is 23.4. The van der Waals surface area contributed by atoms with Crippen LogP contribution < -0.4 is 19.7 Å². The highest BCUT2D eigenvalue weighted by Gasteiger charge is 2.32. The zero-order valence-corrected chi connectivity index (χ0v) is 19.4. The number of likely N-dealkylation sites (tertiary alicyclic amines) is 1. The van der Waals surface area contributed by atoms with E-state index in [9.17, 15) is 18.4 Å². The van der Waals surface area contributed by atoms with Gasteiger partial charge in [0.25, 0.3) is 0 Å². The van der Waals surface area contributed by atoms with Gasteiger partial charge in [-0.25, -0.2) is 0 Å². The molecule has 1 aromatic carbocycles. The smallest absolute Gasteiger partial charge is 0.573 e. The van der Waals surface area contributed by atoms with Crippen LogP contribution in [-0.4, -0.2) is 77.7 Å². The molecule has 1 fully saturated rings. The van der Waals surface area contributed by atoms with Gasteiger partial charge in [0, 0.05) is 32.0 Å². The molecule has 0 radical (unpaired) electrons. The van der Waals surface area contributed by atoms with E-state index in [4.69, 9.17) is 9.84 Å². The van der Waals surface area contributed by atoms with Gasteiger partial charge in [-0.3, -0.25) is 0 Å². The van der Waals surface area contributed by atoms with Crippen molar-refractivity contribution < 1.29 is 27.3 Å². The first-order valence-corrected chi connectivity index (χ1v) is 11.4. The average molecular weight is 493 g/mol. The lowest BCUT2D eigenvalue weighted by molar-refractivity contribution is -0.866. The van der Waals surface area contributed by atoms with Gasteiger partial charge in [0.1, 0.15) is 18.0 Å². The van der Waals surface area contributed by atoms with Crippen molar-refractivity contribution in [1.29, 1.82) is 0 Å². The van der Waals surface area contributed by atoms with Crippen LogP contribution in [0, 0.1) is 11.1 Å². The van der Waals surface area contributed by atoms with E-state index in [0.29, 0.717) is 61.5 Å². The van der Waals surface area contributed by atoms with E-state index in [1.165, 1.54) is 22.7 Å². The third-order valence-corrected chi connectivity index (χ3v) is 6.44. The summed E-state index contributed by atoms with van der Waals surface area (Å²) < 4.78 is 49.4. The third-order valence-electron chi connectivity index (χ3n) is 6.44. The maximum absolute atomic E-state index is 12.7. The van der Waals surface area contributed by atoms with Gasteiger partial charge in [0.15, 0.2) is 17.4 Å². The molecule has 4 heterocycles. The van der Waals surface area contributed by atoms with E-state index in [1.54, 1.807) is 13.1 Å². The minimum atomic E-state index is -4.81. The van der Waals surface area contributed by atoms with Crippen molar-refractivity contribution in [3.8, 4) is 22.9 Å². The number of fused-ring (bicyclic) bond motifs is 3. The quantitative estimate of drug-likeness (QED) is 0.427. The Morgan fingerprint density at radius 1 is 1.26 bits per heavy atom. The summed E-state index contributed by atoms with van der Waals surface area (Å²) in [6.45, 7) is 2.89. The molecular weight excluding hydrogens is 467 g/mol. The molecule has 1 saturated heterocycles. The Labute approximate surface area is 199 Å². The molecule has 10 nitrogen and oxygen atoms in total. The lowest BCUT2D eigenvalue weighted by Gasteiger charge is -2.44. The topological polar surface area (TPSA) is 99.9 Å². The Hall–Kier alpha value is -3.32. The molecule has 5 rings (SSSR count). The van der Waals surface area contributed by atoms with Crippen molar-refractivity contribution in [2.45, 2.75) is 19.2 Å². The Balaban J connectivity index is 1.50. The summed E-state index contributed by atoms with van der Waals surface area (Å²) in [6, 6.07) is 5.52. The van der Waals surface area contributed by atoms with Crippen LogP contribution >= 0.6 is 0 Å². The summed E-state index contributed by atoms with van der Waals surface area (Å²) >= 11 is 0. The first-order valence-electron chi connectivity index (χ1n) is 11.4. The number of quaternary nitrogens is 1. The van der Waals surface area contributed by atoms with Crippen LogP contribution in [0.25, 0.3) is 17.0 Å². The van der Waals surface area contributed by atoms with E-state index in [0.717, 1.165) is 18.5 Å². The summed E-state index contributed by atoms with van der Waals surface area (Å²) in [7, 11) is 3.63. The number of rotatable bonds is 5. The summed E-state index contributed by atoms with van der Waals surface area (Å²) in [6.07, 6.45) is -3.18. The zero-order valence-electron chi connectivity index (χ0n) is 19.4. The standard InChI is InChI=1S/C22H26F3N7O3/c1-30-8-11-34-18-17(30)19(26-13-14-6-9-32(2,33)10-7-14)29-31-20(27-28-21(18)31)15-4-3-5-16(12-15)35-22(23,24)25/h3-5,12,14H,6-11,13H2,1-2H3,(H,26,29). The highest BCUT2D eigenvalue weighted by atomic mass is 19.4. The van der Waals surface area contributed by atoms with E-state index >= 15 is 0 Å². The number of halogens is 3. The third kappa shape index (κ3) is 4.91. The minimum Gasteiger partial charge on any atom is -0.633 e. The minimum absolute atomic E-state index is 0.214. The zero-order chi connectivity index (χ0) is 24.8. The molecule has 0 atom stereocenters. The normalized spacial score (nSPS) is 22.6. The van der Waals surface area contributed by atoms with Gasteiger partial charge >= 0.3 is 6.36 Å². The predicted octanol–water partition coefficient (Wildman–Crippen LogP) is 3.28. The second kappa shape index (κ2) is 8.72. The van der Waals surface area contributed by atoms with Crippen LogP contribution in [0.5, 0.6) is 11.5 Å². The van der Waals surface area contributed by atoms with Crippen molar-refractivity contribution in [3.05, 3.63) is 29.5 Å². The molecular formula is C22H26F3N7O3. The van der Waals surface area contributed by atoms with Gasteiger partial charge in [-0.05, 0) is 18.1 Å². The number of nitrogens with zero attached hydrogens (tertiary/aromatic N) is 6. The van der Waals surface area contributed by atoms with E-state index in [2.05, 4.69) is 20.3 Å². The fourth-order valence-corrected chi connectivity index (χ4v) is 4.50. The molecule has 2 aromatic heterocycles. The highest BCUT2D eigenvalue weighted by molar-refractivity contribution is 5.82. The average Bonchev–Trinajstić information content (AvgIpc) is 3.21. The molecule has 0 unspecified atom stereocenters. The summed E-state index contributed by atoms with van der Waals surface area (Å²) in [5, 5.41) is 28.7. The van der Waals surface area contributed by atoms with Crippen molar-refractivity contribution in [3.63, 3.8) is 0 Å². The van der Waals surface area contributed by atoms with Gasteiger partial charge in [-0.15, -0.1) is 28.5 Å². The van der Waals surface area contributed by atoms with Crippen LogP contribution in [0.1, 0.15) is 12.8 Å². The van der Waals surface area contributed by atoms with Gasteiger partial charge in [0.05, 0.1) is 26.7 Å². The van der Waals surface area contributed by atoms with Crippen LogP contribution in [0.15, 0.2) is 24.3 Å². The summed E-state index contributed by atoms with van der Waals surface area (Å²) in [5.41, 5.74) is 1.48. The number of alkyl halides is 3. The van der Waals surface area contributed by atoms with Gasteiger partial charge in [0.2, 0.25) is 5.65 Å². The number of anilines is 2. The van der Waals surface area contributed by atoms with Crippen LogP contribution in [0.2, 0.25) is 0 Å². The Bertz CT molecular complexity index is 1220. The Kier molecular flexibility index (Phi) is 5.83. The fraction of sp³-hybridized carbons (Fsp3) is 0.500. The molecule has 35 heavy (non-hydrogen) atoms. The second-order valence-corrected chi connectivity index (χ2v) is 9.20. The van der Waals surface area contributed by atoms with E-state index in [-0.39, 0.29) is 16.2 Å². The maximum Gasteiger partial charge on any atom is 0.573 e. The summed E-state index contributed by atoms with van der Waals surface area (Å²) in [4.78, 5) is 2.02. The number of aromatic nitrogens is 4. The molecule has 2 aliphatic rings. The second-order valence-electron chi connectivity index (χ2n) is 9.20. The molecule has 1 N–H and O–H groups in total. The molecule has 3 aromatic rings. The molecule has 2 aliphatic heterocycles. The Morgan fingerprint density at radius 3 is 2.77 bits per heavy atom. The molecule has 188 valence electrons. The number of ether oxygens (including phenoxy) is 2. The van der Waals surface area contributed by atoms with Crippen molar-refractivity contribution >= 4 is 17.2 Å². The lowest BCUT2D eigenvalue weighted by atomic mass is 9.97. The van der Waals surface area contributed by atoms with E-state index in [1.807, 2.05) is 11.9 Å². The Morgan fingerprint density at radius 2 is 2.03 bits per heavy atom. The molecule has 0 bridgehead atoms. The number of hydrogen-bond donors (Lipinski definition) is 1. The number of hydroxylamine groups is 3. The van der Waals surface area contributed by atoms with E-state index < -0.39 is 6.36 Å². The molecule has 0 amide bonds. The van der Waals surface area contributed by atoms with Crippen molar-refractivity contribution in [2.75, 3.05) is 57.1 Å². The molecule has 0 spiro atoms. The first-order chi connectivity index (χ1) is 16.6. The van der Waals surface area contributed by atoms with Gasteiger partial charge < -0.3 is 29.5 Å². The number of hydrogen-bond acceptors (Lipinski definition) is 8. The SMILES string of the molecule is CN1CCOc2c1c(NCC1CC[N+](C)([O-])CC1)nn1c(-c3cccc(OC(F)(F)F)c3)nnc21. The van der Waals surface area contributed by atoms with Gasteiger partial charge in [-0.1, -0.05) is 12.1 Å². The monoisotopic (exact) mass is 493 g/mol. The predicted molar refractivity (Wildman–Crippen MR) is 122 cm³/mol. The van der Waals surface area contributed by atoms with Crippen LogP contribution in [0.4, 0.5) is 24.7 Å². The number of nitrogens with one attached hydrogen (secondary N) is 1. The largest absolute Gasteiger partial charge is 0.633 e. The molecule has 0 saturated carbocycles. The molecule has 13 heteroatoms. The maximum atomic E-state index is 12.7.